The molecule has 1 aliphatic heterocycles. The van der Waals surface area contributed by atoms with Gasteiger partial charge in [-0.3, -0.25) is 14.4 Å². The first-order chi connectivity index (χ1) is 14.5. The molecule has 1 amide bonds. The molecule has 4 rings (SSSR count). The molecule has 1 heterocycles. The van der Waals surface area contributed by atoms with Crippen molar-refractivity contribution in [3.8, 4) is 0 Å². The van der Waals surface area contributed by atoms with Crippen LogP contribution in [0.25, 0.3) is 0 Å². The Morgan fingerprint density at radius 2 is 1.73 bits per heavy atom. The minimum absolute atomic E-state index is 0.0712. The van der Waals surface area contributed by atoms with E-state index in [1.807, 2.05) is 30.3 Å². The minimum Gasteiger partial charge on any atom is -0.465 e. The highest BCUT2D eigenvalue weighted by molar-refractivity contribution is 6.12. The van der Waals surface area contributed by atoms with Gasteiger partial charge in [-0.1, -0.05) is 42.5 Å². The zero-order chi connectivity index (χ0) is 21.3. The van der Waals surface area contributed by atoms with Gasteiger partial charge in [0.2, 0.25) is 5.91 Å². The fourth-order valence-electron chi connectivity index (χ4n) is 4.45. The van der Waals surface area contributed by atoms with Crippen LogP contribution in [0, 0.1) is 11.7 Å². The molecule has 0 spiro atoms. The highest BCUT2D eigenvalue weighted by Gasteiger charge is 2.47. The summed E-state index contributed by atoms with van der Waals surface area (Å²) in [6, 6.07) is 15.1. The van der Waals surface area contributed by atoms with E-state index in [-0.39, 0.29) is 24.7 Å². The quantitative estimate of drug-likeness (QED) is 0.621. The number of rotatable bonds is 4. The van der Waals surface area contributed by atoms with E-state index in [2.05, 4.69) is 5.32 Å². The highest BCUT2D eigenvalue weighted by atomic mass is 19.1. The van der Waals surface area contributed by atoms with Crippen molar-refractivity contribution in [2.24, 2.45) is 5.92 Å². The Morgan fingerprint density at radius 3 is 2.40 bits per heavy atom. The van der Waals surface area contributed by atoms with Crippen LogP contribution in [-0.4, -0.2) is 24.3 Å². The second-order valence-corrected chi connectivity index (χ2v) is 7.56. The molecule has 0 fully saturated rings. The predicted octanol–water partition coefficient (Wildman–Crippen LogP) is 3.62. The van der Waals surface area contributed by atoms with Crippen molar-refractivity contribution in [3.63, 3.8) is 0 Å². The third kappa shape index (κ3) is 3.65. The van der Waals surface area contributed by atoms with Crippen molar-refractivity contribution < 1.29 is 23.5 Å². The number of hydrogen-bond donors (Lipinski definition) is 1. The molecule has 2 aromatic rings. The number of esters is 1. The summed E-state index contributed by atoms with van der Waals surface area (Å²) in [5.74, 6) is -3.41. The lowest BCUT2D eigenvalue weighted by atomic mass is 9.68. The predicted molar refractivity (Wildman–Crippen MR) is 108 cm³/mol. The van der Waals surface area contributed by atoms with Crippen molar-refractivity contribution in [2.45, 2.75) is 31.6 Å². The molecule has 6 heteroatoms. The number of carbonyl (C=O) groups is 3. The maximum Gasteiger partial charge on any atom is 0.317 e. The molecule has 0 radical (unpaired) electrons. The number of hydrogen-bond acceptors (Lipinski definition) is 4. The second kappa shape index (κ2) is 8.22. The minimum atomic E-state index is -0.982. The molecule has 0 unspecified atom stereocenters. The third-order valence-corrected chi connectivity index (χ3v) is 5.77. The molecule has 5 nitrogen and oxygen atoms in total. The van der Waals surface area contributed by atoms with Gasteiger partial charge in [-0.15, -0.1) is 0 Å². The van der Waals surface area contributed by atoms with Crippen molar-refractivity contribution in [3.05, 3.63) is 82.8 Å². The van der Waals surface area contributed by atoms with E-state index < -0.39 is 29.5 Å². The number of nitrogens with one attached hydrogen (secondary N) is 1. The highest BCUT2D eigenvalue weighted by Crippen LogP contribution is 2.45. The molecule has 30 heavy (non-hydrogen) atoms. The van der Waals surface area contributed by atoms with Crippen LogP contribution in [0.5, 0.6) is 0 Å². The van der Waals surface area contributed by atoms with E-state index in [1.54, 1.807) is 19.1 Å². The Balaban J connectivity index is 1.81. The fourth-order valence-corrected chi connectivity index (χ4v) is 4.45. The zero-order valence-electron chi connectivity index (χ0n) is 16.6. The summed E-state index contributed by atoms with van der Waals surface area (Å²) in [4.78, 5) is 38.9. The maximum atomic E-state index is 13.6. The number of allylic oxidation sites excluding steroid dienone is 2. The van der Waals surface area contributed by atoms with Crippen LogP contribution in [0.1, 0.15) is 42.7 Å². The Bertz CT molecular complexity index is 1010. The SMILES string of the molecule is CCOC(=O)[C@H]1C(=O)C2=C(C[C@@H]1c1ccccc1)NC(=O)C[C@@H]2c1ccc(F)cc1. The average Bonchev–Trinajstić information content (AvgIpc) is 2.74. The van der Waals surface area contributed by atoms with E-state index in [0.29, 0.717) is 23.3 Å². The lowest BCUT2D eigenvalue weighted by Crippen LogP contribution is -2.44. The summed E-state index contributed by atoms with van der Waals surface area (Å²) in [6.45, 7) is 1.88. The van der Waals surface area contributed by atoms with Crippen LogP contribution in [0.4, 0.5) is 4.39 Å². The summed E-state index contributed by atoms with van der Waals surface area (Å²) in [5.41, 5.74) is 2.48. The van der Waals surface area contributed by atoms with Crippen molar-refractivity contribution in [1.29, 1.82) is 0 Å². The summed E-state index contributed by atoms with van der Waals surface area (Å²) in [7, 11) is 0. The average molecular weight is 407 g/mol. The van der Waals surface area contributed by atoms with Gasteiger partial charge in [-0.25, -0.2) is 4.39 Å². The van der Waals surface area contributed by atoms with Crippen LogP contribution in [0.15, 0.2) is 65.9 Å². The Hall–Kier alpha value is -3.28. The largest absolute Gasteiger partial charge is 0.465 e. The number of ether oxygens (including phenoxy) is 1. The second-order valence-electron chi connectivity index (χ2n) is 7.56. The number of amides is 1. The summed E-state index contributed by atoms with van der Waals surface area (Å²) < 4.78 is 18.7. The third-order valence-electron chi connectivity index (χ3n) is 5.77. The summed E-state index contributed by atoms with van der Waals surface area (Å²) in [6.07, 6.45) is 0.416. The van der Waals surface area contributed by atoms with Gasteiger partial charge in [0, 0.05) is 29.5 Å². The molecule has 1 aliphatic carbocycles. The van der Waals surface area contributed by atoms with Crippen molar-refractivity contribution >= 4 is 17.7 Å². The van der Waals surface area contributed by atoms with Gasteiger partial charge in [-0.2, -0.15) is 0 Å². The number of halogens is 1. The van der Waals surface area contributed by atoms with Crippen LogP contribution >= 0.6 is 0 Å². The molecular formula is C24H22FNO4. The van der Waals surface area contributed by atoms with Gasteiger partial charge in [0.25, 0.3) is 0 Å². The number of ketones is 1. The van der Waals surface area contributed by atoms with Gasteiger partial charge in [0.1, 0.15) is 11.7 Å². The zero-order valence-corrected chi connectivity index (χ0v) is 16.6. The number of benzene rings is 2. The smallest absolute Gasteiger partial charge is 0.317 e. The van der Waals surface area contributed by atoms with E-state index in [9.17, 15) is 18.8 Å². The van der Waals surface area contributed by atoms with Gasteiger partial charge < -0.3 is 10.1 Å². The topological polar surface area (TPSA) is 72.5 Å². The molecular weight excluding hydrogens is 385 g/mol. The van der Waals surface area contributed by atoms with Crippen LogP contribution in [0.2, 0.25) is 0 Å². The van der Waals surface area contributed by atoms with Crippen LogP contribution < -0.4 is 5.32 Å². The first-order valence-electron chi connectivity index (χ1n) is 10.0. The molecule has 154 valence electrons. The lowest BCUT2D eigenvalue weighted by molar-refractivity contribution is -0.152. The van der Waals surface area contributed by atoms with Gasteiger partial charge >= 0.3 is 5.97 Å². The lowest BCUT2D eigenvalue weighted by Gasteiger charge is -2.38. The van der Waals surface area contributed by atoms with Crippen molar-refractivity contribution in [2.75, 3.05) is 6.61 Å². The Kier molecular flexibility index (Phi) is 5.48. The molecule has 0 saturated heterocycles. The van der Waals surface area contributed by atoms with Crippen molar-refractivity contribution in [1.82, 2.24) is 5.32 Å². The maximum absolute atomic E-state index is 13.6. The van der Waals surface area contributed by atoms with E-state index in [0.717, 1.165) is 5.56 Å². The monoisotopic (exact) mass is 407 g/mol. The van der Waals surface area contributed by atoms with Gasteiger partial charge in [-0.05, 0) is 36.6 Å². The first kappa shape index (κ1) is 20.0. The fraction of sp³-hybridized carbons (Fsp3) is 0.292. The van der Waals surface area contributed by atoms with Gasteiger partial charge in [0.15, 0.2) is 5.78 Å². The Labute approximate surface area is 173 Å². The van der Waals surface area contributed by atoms with Crippen LogP contribution in [0.3, 0.4) is 0 Å². The summed E-state index contributed by atoms with van der Waals surface area (Å²) >= 11 is 0. The number of carbonyl (C=O) groups excluding carboxylic acids is 3. The molecule has 0 bridgehead atoms. The van der Waals surface area contributed by atoms with E-state index >= 15 is 0 Å². The van der Waals surface area contributed by atoms with E-state index in [4.69, 9.17) is 4.74 Å². The molecule has 1 N–H and O–H groups in total. The molecule has 3 atom stereocenters. The number of Topliss-reactive ketones (excluding diaryl/α,β-unsaturated/α-hetero) is 1. The Morgan fingerprint density at radius 1 is 1.03 bits per heavy atom. The standard InChI is InChI=1S/C24H22FNO4/c1-2-30-24(29)22-17(14-6-4-3-5-7-14)12-19-21(23(22)28)18(13-20(27)26-19)15-8-10-16(25)11-9-15/h3-11,17-18,22H,2,12-13H2,1H3,(H,26,27)/t17-,18-,22-/m1/s1. The van der Waals surface area contributed by atoms with Crippen LogP contribution in [-0.2, 0) is 19.1 Å². The summed E-state index contributed by atoms with van der Waals surface area (Å²) in [5, 5.41) is 2.84. The molecule has 2 aliphatic rings. The molecule has 2 aromatic carbocycles. The normalized spacial score (nSPS) is 23.6. The van der Waals surface area contributed by atoms with E-state index in [1.165, 1.54) is 12.1 Å². The molecule has 0 aromatic heterocycles. The van der Waals surface area contributed by atoms with Gasteiger partial charge in [0.05, 0.1) is 6.61 Å². The first-order valence-corrected chi connectivity index (χ1v) is 10.0. The molecule has 0 saturated carbocycles.